The molecule has 1 aromatic heterocycles. The first kappa shape index (κ1) is 12.7. The molecule has 3 rings (SSSR count). The van der Waals surface area contributed by atoms with Crippen molar-refractivity contribution in [2.24, 2.45) is 0 Å². The molecule has 0 radical (unpaired) electrons. The lowest BCUT2D eigenvalue weighted by Gasteiger charge is -2.04. The number of nitrogens with zero attached hydrogens (tertiary/aromatic N) is 3. The summed E-state index contributed by atoms with van der Waals surface area (Å²) in [6, 6.07) is 14.6. The van der Waals surface area contributed by atoms with Crippen molar-refractivity contribution in [3.05, 3.63) is 42.5 Å². The number of methoxy groups -OCH3 is 1. The molecule has 2 aromatic carbocycles. The van der Waals surface area contributed by atoms with Gasteiger partial charge in [-0.15, -0.1) is 0 Å². The third kappa shape index (κ3) is 2.65. The number of benzene rings is 2. The molecular weight excluding hydrogens is 272 g/mol. The first-order valence-electron chi connectivity index (χ1n) is 5.97. The maximum absolute atomic E-state index is 5.62. The van der Waals surface area contributed by atoms with E-state index in [1.165, 1.54) is 29.6 Å². The number of rotatable bonds is 3. The van der Waals surface area contributed by atoms with E-state index in [1.807, 2.05) is 18.2 Å². The van der Waals surface area contributed by atoms with E-state index >= 15 is 0 Å². The number of hydrogen-bond donors (Lipinski definition) is 1. The molecule has 1 heterocycles. The molecule has 0 aliphatic heterocycles. The van der Waals surface area contributed by atoms with Crippen LogP contribution in [0.3, 0.4) is 0 Å². The summed E-state index contributed by atoms with van der Waals surface area (Å²) >= 11 is 1.42. The highest BCUT2D eigenvalue weighted by atomic mass is 32.2. The molecule has 2 N–H and O–H groups in total. The lowest BCUT2D eigenvalue weighted by Crippen LogP contribution is -2.01. The molecule has 20 heavy (non-hydrogen) atoms. The van der Waals surface area contributed by atoms with Crippen LogP contribution in [0.1, 0.15) is 0 Å². The van der Waals surface area contributed by atoms with E-state index in [0.29, 0.717) is 5.16 Å². The van der Waals surface area contributed by atoms with Crippen LogP contribution in [0, 0.1) is 0 Å². The third-order valence-electron chi connectivity index (χ3n) is 2.72. The Morgan fingerprint density at radius 3 is 2.60 bits per heavy atom. The summed E-state index contributed by atoms with van der Waals surface area (Å²) < 4.78 is 4.99. The number of nitrogens with two attached hydrogens (primary N) is 1. The summed E-state index contributed by atoms with van der Waals surface area (Å²) in [4.78, 5) is 13.2. The number of hydrogen-bond acceptors (Lipinski definition) is 6. The molecule has 100 valence electrons. The molecule has 6 heteroatoms. The standard InChI is InChI=1S/C14H12N4OS/c1-19-13-16-12(15)17-14(18-13)20-11-7-6-9-4-2-3-5-10(9)8-11/h2-8H,1H3,(H2,15,16,17,18). The Morgan fingerprint density at radius 2 is 1.80 bits per heavy atom. The first-order valence-corrected chi connectivity index (χ1v) is 6.78. The van der Waals surface area contributed by atoms with Crippen LogP contribution in [0.4, 0.5) is 5.95 Å². The topological polar surface area (TPSA) is 73.9 Å². The van der Waals surface area contributed by atoms with Gasteiger partial charge in [-0.1, -0.05) is 30.3 Å². The molecule has 0 saturated heterocycles. The van der Waals surface area contributed by atoms with Crippen LogP contribution in [-0.4, -0.2) is 22.1 Å². The van der Waals surface area contributed by atoms with Crippen molar-refractivity contribution >= 4 is 28.5 Å². The zero-order valence-corrected chi connectivity index (χ0v) is 11.6. The van der Waals surface area contributed by atoms with Gasteiger partial charge in [0, 0.05) is 4.90 Å². The summed E-state index contributed by atoms with van der Waals surface area (Å²) in [5.74, 6) is 0.153. The van der Waals surface area contributed by atoms with Crippen LogP contribution in [0.5, 0.6) is 6.01 Å². The van der Waals surface area contributed by atoms with Gasteiger partial charge in [0.1, 0.15) is 0 Å². The smallest absolute Gasteiger partial charge is 0.321 e. The first-order chi connectivity index (χ1) is 9.74. The van der Waals surface area contributed by atoms with Crippen LogP contribution >= 0.6 is 11.8 Å². The molecular formula is C14H12N4OS. The minimum Gasteiger partial charge on any atom is -0.467 e. The van der Waals surface area contributed by atoms with Crippen molar-refractivity contribution in [3.8, 4) is 6.01 Å². The van der Waals surface area contributed by atoms with Crippen LogP contribution in [-0.2, 0) is 0 Å². The monoisotopic (exact) mass is 284 g/mol. The number of anilines is 1. The number of ether oxygens (including phenoxy) is 1. The van der Waals surface area contributed by atoms with Crippen molar-refractivity contribution in [2.45, 2.75) is 10.1 Å². The van der Waals surface area contributed by atoms with Gasteiger partial charge in [-0.05, 0) is 34.7 Å². The summed E-state index contributed by atoms with van der Waals surface area (Å²) in [6.07, 6.45) is 0. The Kier molecular flexibility index (Phi) is 3.39. The molecule has 0 aliphatic carbocycles. The van der Waals surface area contributed by atoms with Gasteiger partial charge < -0.3 is 10.5 Å². The van der Waals surface area contributed by atoms with Gasteiger partial charge in [-0.2, -0.15) is 15.0 Å². The Balaban J connectivity index is 1.94. The predicted octanol–water partition coefficient (Wildman–Crippen LogP) is 2.77. The minimum atomic E-state index is 0.153. The molecule has 0 amide bonds. The van der Waals surface area contributed by atoms with Gasteiger partial charge in [0.15, 0.2) is 0 Å². The molecule has 0 fully saturated rings. The van der Waals surface area contributed by atoms with Crippen LogP contribution in [0.25, 0.3) is 10.8 Å². The van der Waals surface area contributed by atoms with E-state index in [9.17, 15) is 0 Å². The molecule has 0 unspecified atom stereocenters. The fraction of sp³-hybridized carbons (Fsp3) is 0.0714. The van der Waals surface area contributed by atoms with E-state index < -0.39 is 0 Å². The predicted molar refractivity (Wildman–Crippen MR) is 78.9 cm³/mol. The second-order valence-corrected chi connectivity index (χ2v) is 5.11. The Hall–Kier alpha value is -2.34. The van der Waals surface area contributed by atoms with Crippen molar-refractivity contribution in [2.75, 3.05) is 12.8 Å². The highest BCUT2D eigenvalue weighted by Crippen LogP contribution is 2.28. The lowest BCUT2D eigenvalue weighted by atomic mass is 10.1. The summed E-state index contributed by atoms with van der Waals surface area (Å²) in [6.45, 7) is 0. The molecule has 0 bridgehead atoms. The van der Waals surface area contributed by atoms with E-state index in [-0.39, 0.29) is 12.0 Å². The van der Waals surface area contributed by atoms with Crippen LogP contribution in [0.2, 0.25) is 0 Å². The second kappa shape index (κ2) is 5.34. The van der Waals surface area contributed by atoms with Crippen LogP contribution in [0.15, 0.2) is 52.5 Å². The average Bonchev–Trinajstić information content (AvgIpc) is 2.46. The van der Waals surface area contributed by atoms with Gasteiger partial charge in [0.05, 0.1) is 7.11 Å². The molecule has 5 nitrogen and oxygen atoms in total. The van der Waals surface area contributed by atoms with Crippen LogP contribution < -0.4 is 10.5 Å². The van der Waals surface area contributed by atoms with Crippen molar-refractivity contribution in [1.82, 2.24) is 15.0 Å². The molecule has 0 spiro atoms. The lowest BCUT2D eigenvalue weighted by molar-refractivity contribution is 0.374. The Bertz CT molecular complexity index is 763. The van der Waals surface area contributed by atoms with E-state index in [4.69, 9.17) is 10.5 Å². The van der Waals surface area contributed by atoms with Gasteiger partial charge >= 0.3 is 6.01 Å². The average molecular weight is 284 g/mol. The molecule has 0 saturated carbocycles. The Labute approximate surface area is 120 Å². The maximum Gasteiger partial charge on any atom is 0.321 e. The van der Waals surface area contributed by atoms with Crippen molar-refractivity contribution < 1.29 is 4.74 Å². The number of nitrogen functional groups attached to an aromatic ring is 1. The summed E-state index contributed by atoms with van der Waals surface area (Å²) in [5.41, 5.74) is 5.62. The number of aromatic nitrogens is 3. The highest BCUT2D eigenvalue weighted by Gasteiger charge is 2.07. The zero-order chi connectivity index (χ0) is 13.9. The fourth-order valence-electron chi connectivity index (χ4n) is 1.83. The van der Waals surface area contributed by atoms with Crippen molar-refractivity contribution in [3.63, 3.8) is 0 Å². The van der Waals surface area contributed by atoms with Gasteiger partial charge in [-0.3, -0.25) is 0 Å². The van der Waals surface area contributed by atoms with Gasteiger partial charge in [0.25, 0.3) is 0 Å². The zero-order valence-electron chi connectivity index (χ0n) is 10.8. The minimum absolute atomic E-state index is 0.153. The Morgan fingerprint density at radius 1 is 1.00 bits per heavy atom. The number of fused-ring (bicyclic) bond motifs is 1. The maximum atomic E-state index is 5.62. The fourth-order valence-corrected chi connectivity index (χ4v) is 2.62. The van der Waals surface area contributed by atoms with E-state index in [0.717, 1.165) is 4.90 Å². The normalized spacial score (nSPS) is 10.7. The molecule has 0 atom stereocenters. The molecule has 3 aromatic rings. The largest absolute Gasteiger partial charge is 0.467 e. The van der Waals surface area contributed by atoms with Gasteiger partial charge in [0.2, 0.25) is 11.1 Å². The van der Waals surface area contributed by atoms with E-state index in [1.54, 1.807) is 0 Å². The molecule has 0 aliphatic rings. The quantitative estimate of drug-likeness (QED) is 0.797. The van der Waals surface area contributed by atoms with Gasteiger partial charge in [-0.25, -0.2) is 0 Å². The second-order valence-electron chi connectivity index (χ2n) is 4.07. The third-order valence-corrected chi connectivity index (χ3v) is 3.58. The van der Waals surface area contributed by atoms with E-state index in [2.05, 4.69) is 39.2 Å². The van der Waals surface area contributed by atoms with Crippen molar-refractivity contribution in [1.29, 1.82) is 0 Å². The summed E-state index contributed by atoms with van der Waals surface area (Å²) in [5, 5.41) is 2.89. The summed E-state index contributed by atoms with van der Waals surface area (Å²) in [7, 11) is 1.50. The highest BCUT2D eigenvalue weighted by molar-refractivity contribution is 7.99. The SMILES string of the molecule is COc1nc(N)nc(Sc2ccc3ccccc3c2)n1.